The highest BCUT2D eigenvalue weighted by Crippen LogP contribution is 2.13. The van der Waals surface area contributed by atoms with Crippen molar-refractivity contribution in [1.82, 2.24) is 10.2 Å². The second-order valence-electron chi connectivity index (χ2n) is 13.0. The van der Waals surface area contributed by atoms with E-state index in [2.05, 4.69) is 19.2 Å². The Bertz CT molecular complexity index is 644. The second kappa shape index (κ2) is 36.2. The Morgan fingerprint density at radius 1 is 0.522 bits per heavy atom. The van der Waals surface area contributed by atoms with E-state index < -0.39 is 0 Å². The molecule has 0 bridgehead atoms. The lowest BCUT2D eigenvalue weighted by Gasteiger charge is -2.23. The van der Waals surface area contributed by atoms with Gasteiger partial charge in [0.05, 0.1) is 26.4 Å². The highest BCUT2D eigenvalue weighted by atomic mass is 16.5. The van der Waals surface area contributed by atoms with Crippen LogP contribution in [0.25, 0.3) is 0 Å². The van der Waals surface area contributed by atoms with Crippen LogP contribution in [0.5, 0.6) is 0 Å². The molecule has 0 aromatic rings. The molecule has 0 aromatic heterocycles. The summed E-state index contributed by atoms with van der Waals surface area (Å²) in [4.78, 5) is 38.7. The van der Waals surface area contributed by atoms with Gasteiger partial charge in [-0.3, -0.25) is 14.4 Å². The van der Waals surface area contributed by atoms with Crippen LogP contribution >= 0.6 is 0 Å². The third kappa shape index (κ3) is 32.3. The summed E-state index contributed by atoms with van der Waals surface area (Å²) in [5.74, 6) is -0.403. The number of hydrogen-bond acceptors (Lipinski definition) is 7. The molecule has 0 radical (unpaired) electrons. The lowest BCUT2D eigenvalue weighted by molar-refractivity contribution is -0.144. The first kappa shape index (κ1) is 44.3. The van der Waals surface area contributed by atoms with E-state index in [4.69, 9.17) is 14.6 Å². The molecule has 0 rings (SSSR count). The van der Waals surface area contributed by atoms with Crippen molar-refractivity contribution in [1.29, 1.82) is 0 Å². The number of rotatable bonds is 36. The van der Waals surface area contributed by atoms with E-state index in [9.17, 15) is 14.4 Å². The minimum absolute atomic E-state index is 0.0303. The minimum Gasteiger partial charge on any atom is -0.466 e. The SMILES string of the molecule is CCCCCCCCCCCCCC(=O)OCCCN(CCCOC(=O)CCCCCCCCCCCCC)C(=O)CNCCO. The van der Waals surface area contributed by atoms with E-state index in [-0.39, 0.29) is 31.0 Å². The fourth-order valence-electron chi connectivity index (χ4n) is 5.64. The molecule has 272 valence electrons. The molecule has 0 spiro atoms. The maximum absolute atomic E-state index is 12.7. The number of ether oxygens (including phenoxy) is 2. The zero-order valence-electron chi connectivity index (χ0n) is 30.3. The average molecular weight is 655 g/mol. The molecule has 0 atom stereocenters. The molecule has 0 aliphatic rings. The highest BCUT2D eigenvalue weighted by Gasteiger charge is 2.14. The smallest absolute Gasteiger partial charge is 0.305 e. The van der Waals surface area contributed by atoms with E-state index in [0.29, 0.717) is 58.5 Å². The third-order valence-corrected chi connectivity index (χ3v) is 8.56. The molecule has 1 amide bonds. The number of amides is 1. The average Bonchev–Trinajstić information content (AvgIpc) is 3.05. The van der Waals surface area contributed by atoms with Crippen LogP contribution in [-0.2, 0) is 23.9 Å². The van der Waals surface area contributed by atoms with E-state index in [1.807, 2.05) is 0 Å². The van der Waals surface area contributed by atoms with Crippen LogP contribution in [-0.4, -0.2) is 73.9 Å². The molecular formula is C38H74N2O6. The zero-order chi connectivity index (χ0) is 33.8. The molecule has 46 heavy (non-hydrogen) atoms. The summed E-state index contributed by atoms with van der Waals surface area (Å²) in [6.07, 6.45) is 29.5. The maximum Gasteiger partial charge on any atom is 0.305 e. The first-order valence-electron chi connectivity index (χ1n) is 19.5. The standard InChI is InChI=1S/C38H74N2O6/c1-3-5-7-9-11-13-15-17-19-21-23-27-37(43)45-33-25-30-40(36(42)35-39-29-32-41)31-26-34-46-38(44)28-24-22-20-18-16-14-12-10-8-6-4-2/h39,41H,3-35H2,1-2H3. The number of aliphatic hydroxyl groups excluding tert-OH is 1. The van der Waals surface area contributed by atoms with E-state index in [1.54, 1.807) is 4.90 Å². The van der Waals surface area contributed by atoms with Gasteiger partial charge in [0.25, 0.3) is 0 Å². The minimum atomic E-state index is -0.164. The van der Waals surface area contributed by atoms with Gasteiger partial charge in [-0.25, -0.2) is 0 Å². The predicted molar refractivity (Wildman–Crippen MR) is 190 cm³/mol. The van der Waals surface area contributed by atoms with Crippen molar-refractivity contribution in [3.63, 3.8) is 0 Å². The van der Waals surface area contributed by atoms with Gasteiger partial charge >= 0.3 is 11.9 Å². The normalized spacial score (nSPS) is 11.1. The molecule has 8 nitrogen and oxygen atoms in total. The summed E-state index contributed by atoms with van der Waals surface area (Å²) in [6, 6.07) is 0. The van der Waals surface area contributed by atoms with Gasteiger partial charge in [-0.05, 0) is 25.7 Å². The molecule has 0 saturated carbocycles. The largest absolute Gasteiger partial charge is 0.466 e. The van der Waals surface area contributed by atoms with Crippen LogP contribution in [0.4, 0.5) is 0 Å². The van der Waals surface area contributed by atoms with E-state index in [1.165, 1.54) is 116 Å². The lowest BCUT2D eigenvalue weighted by atomic mass is 10.1. The number of esters is 2. The molecule has 0 unspecified atom stereocenters. The Balaban J connectivity index is 3.98. The Kier molecular flexibility index (Phi) is 34.9. The fourth-order valence-corrected chi connectivity index (χ4v) is 5.64. The van der Waals surface area contributed by atoms with Gasteiger partial charge < -0.3 is 24.8 Å². The summed E-state index contributed by atoms with van der Waals surface area (Å²) >= 11 is 0. The van der Waals surface area contributed by atoms with Gasteiger partial charge in [-0.2, -0.15) is 0 Å². The van der Waals surface area contributed by atoms with Crippen molar-refractivity contribution >= 4 is 17.8 Å². The predicted octanol–water partition coefficient (Wildman–Crippen LogP) is 8.67. The van der Waals surface area contributed by atoms with Crippen LogP contribution in [0, 0.1) is 0 Å². The number of hydrogen-bond donors (Lipinski definition) is 2. The molecule has 2 N–H and O–H groups in total. The number of carbonyl (C=O) groups is 3. The van der Waals surface area contributed by atoms with Crippen molar-refractivity contribution in [3.8, 4) is 0 Å². The molecule has 0 aliphatic heterocycles. The summed E-state index contributed by atoms with van der Waals surface area (Å²) < 4.78 is 10.8. The number of aliphatic hydroxyl groups is 1. The third-order valence-electron chi connectivity index (χ3n) is 8.56. The van der Waals surface area contributed by atoms with Crippen LogP contribution in [0.3, 0.4) is 0 Å². The van der Waals surface area contributed by atoms with Gasteiger partial charge in [0.2, 0.25) is 5.91 Å². The lowest BCUT2D eigenvalue weighted by Crippen LogP contribution is -2.40. The summed E-state index contributed by atoms with van der Waals surface area (Å²) in [6.45, 7) is 6.48. The number of nitrogens with zero attached hydrogens (tertiary/aromatic N) is 1. The first-order chi connectivity index (χ1) is 22.5. The highest BCUT2D eigenvalue weighted by molar-refractivity contribution is 5.78. The summed E-state index contributed by atoms with van der Waals surface area (Å²) in [5, 5.41) is 11.9. The van der Waals surface area contributed by atoms with Crippen LogP contribution < -0.4 is 5.32 Å². The molecule has 0 saturated heterocycles. The zero-order valence-corrected chi connectivity index (χ0v) is 30.3. The van der Waals surface area contributed by atoms with E-state index in [0.717, 1.165) is 25.7 Å². The van der Waals surface area contributed by atoms with Crippen molar-refractivity contribution in [2.45, 2.75) is 181 Å². The van der Waals surface area contributed by atoms with Gasteiger partial charge in [-0.15, -0.1) is 0 Å². The van der Waals surface area contributed by atoms with Gasteiger partial charge in [0.1, 0.15) is 0 Å². The van der Waals surface area contributed by atoms with Crippen LogP contribution in [0.1, 0.15) is 181 Å². The molecule has 0 aliphatic carbocycles. The molecule has 0 heterocycles. The van der Waals surface area contributed by atoms with Crippen molar-refractivity contribution < 1.29 is 29.0 Å². The van der Waals surface area contributed by atoms with Crippen LogP contribution in [0.2, 0.25) is 0 Å². The Morgan fingerprint density at radius 2 is 0.870 bits per heavy atom. The van der Waals surface area contributed by atoms with Crippen molar-refractivity contribution in [3.05, 3.63) is 0 Å². The molecule has 0 aromatic carbocycles. The number of unbranched alkanes of at least 4 members (excludes halogenated alkanes) is 20. The van der Waals surface area contributed by atoms with Crippen molar-refractivity contribution in [2.24, 2.45) is 0 Å². The second-order valence-corrected chi connectivity index (χ2v) is 13.0. The topological polar surface area (TPSA) is 105 Å². The van der Waals surface area contributed by atoms with Crippen molar-refractivity contribution in [2.75, 3.05) is 46.0 Å². The Labute approximate surface area is 283 Å². The number of carbonyl (C=O) groups excluding carboxylic acids is 3. The summed E-state index contributed by atoms with van der Waals surface area (Å²) in [7, 11) is 0. The monoisotopic (exact) mass is 655 g/mol. The molecule has 8 heteroatoms. The quantitative estimate of drug-likeness (QED) is 0.0514. The summed E-state index contributed by atoms with van der Waals surface area (Å²) in [5.41, 5.74) is 0. The maximum atomic E-state index is 12.7. The van der Waals surface area contributed by atoms with E-state index >= 15 is 0 Å². The van der Waals surface area contributed by atoms with Gasteiger partial charge in [0, 0.05) is 32.5 Å². The molecule has 0 fully saturated rings. The van der Waals surface area contributed by atoms with Gasteiger partial charge in [0.15, 0.2) is 0 Å². The van der Waals surface area contributed by atoms with Crippen LogP contribution in [0.15, 0.2) is 0 Å². The Morgan fingerprint density at radius 3 is 1.22 bits per heavy atom. The Hall–Kier alpha value is -1.67. The molecular weight excluding hydrogens is 580 g/mol. The van der Waals surface area contributed by atoms with Gasteiger partial charge in [-0.1, -0.05) is 142 Å². The first-order valence-corrected chi connectivity index (χ1v) is 19.5. The number of nitrogens with one attached hydrogen (secondary N) is 1. The fraction of sp³-hybridized carbons (Fsp3) is 0.921.